The van der Waals surface area contributed by atoms with E-state index in [9.17, 15) is 10.1 Å². The Labute approximate surface area is 226 Å². The molecule has 0 radical (unpaired) electrons. The number of carbonyl (C=O) groups excluding carboxylic acids is 1. The predicted molar refractivity (Wildman–Crippen MR) is 150 cm³/mol. The minimum Gasteiger partial charge on any atom is -0.490 e. The molecular weight excluding hydrogens is 498 g/mol. The minimum absolute atomic E-state index is 0.0517. The molecule has 4 aromatic rings. The Hall–Kier alpha value is -4.61. The molecule has 0 saturated carbocycles. The molecule has 0 unspecified atom stereocenters. The van der Waals surface area contributed by atoms with Crippen molar-refractivity contribution in [3.05, 3.63) is 94.9 Å². The summed E-state index contributed by atoms with van der Waals surface area (Å²) in [4.78, 5) is 17.2. The molecule has 0 aliphatic heterocycles. The summed E-state index contributed by atoms with van der Waals surface area (Å²) in [5, 5.41) is 14.6. The van der Waals surface area contributed by atoms with Crippen molar-refractivity contribution in [2.24, 2.45) is 0 Å². The third kappa shape index (κ3) is 6.99. The van der Waals surface area contributed by atoms with Gasteiger partial charge in [0, 0.05) is 10.9 Å². The molecule has 192 valence electrons. The van der Waals surface area contributed by atoms with E-state index in [4.69, 9.17) is 14.2 Å². The van der Waals surface area contributed by atoms with Crippen molar-refractivity contribution in [2.45, 2.75) is 13.8 Å². The maximum Gasteiger partial charge on any atom is 0.268 e. The first-order chi connectivity index (χ1) is 18.6. The van der Waals surface area contributed by atoms with Crippen molar-refractivity contribution >= 4 is 28.5 Å². The number of rotatable bonds is 11. The van der Waals surface area contributed by atoms with Crippen LogP contribution in [0.1, 0.15) is 18.1 Å². The van der Waals surface area contributed by atoms with Crippen LogP contribution >= 0.6 is 11.3 Å². The lowest BCUT2D eigenvalue weighted by Crippen LogP contribution is -2.13. The average Bonchev–Trinajstić information content (AvgIpc) is 3.40. The fourth-order valence-corrected chi connectivity index (χ4v) is 4.29. The van der Waals surface area contributed by atoms with E-state index in [2.05, 4.69) is 10.3 Å². The minimum atomic E-state index is -0.534. The number of thiazole rings is 1. The van der Waals surface area contributed by atoms with Gasteiger partial charge in [-0.3, -0.25) is 10.1 Å². The summed E-state index contributed by atoms with van der Waals surface area (Å²) in [7, 11) is 0. The monoisotopic (exact) mass is 525 g/mol. The third-order valence-corrected chi connectivity index (χ3v) is 6.19. The Morgan fingerprint density at radius 2 is 1.71 bits per heavy atom. The maximum atomic E-state index is 12.8. The molecule has 0 bridgehead atoms. The van der Waals surface area contributed by atoms with Crippen molar-refractivity contribution in [2.75, 3.05) is 25.1 Å². The standard InChI is InChI=1S/C30H27N3O4S/c1-3-35-28-18-22(13-14-27(28)37-16-15-36-26-12-8-7-9-21(26)2)17-24(19-31)29(34)33-30-32-25(20-38-30)23-10-5-4-6-11-23/h4-14,17-18,20H,3,15-16H2,1-2H3,(H,32,33,34). The van der Waals surface area contributed by atoms with Crippen LogP contribution in [0.15, 0.2) is 83.7 Å². The number of hydrogen-bond acceptors (Lipinski definition) is 7. The zero-order valence-corrected chi connectivity index (χ0v) is 22.0. The van der Waals surface area contributed by atoms with Crippen LogP contribution in [0.2, 0.25) is 0 Å². The van der Waals surface area contributed by atoms with E-state index >= 15 is 0 Å². The molecule has 0 aliphatic rings. The van der Waals surface area contributed by atoms with E-state index in [1.54, 1.807) is 18.2 Å². The lowest BCUT2D eigenvalue weighted by molar-refractivity contribution is -0.112. The molecule has 0 aliphatic carbocycles. The van der Waals surface area contributed by atoms with Crippen molar-refractivity contribution in [1.29, 1.82) is 5.26 Å². The van der Waals surface area contributed by atoms with Crippen LogP contribution in [0.25, 0.3) is 17.3 Å². The van der Waals surface area contributed by atoms with E-state index in [0.717, 1.165) is 22.6 Å². The molecule has 0 saturated heterocycles. The lowest BCUT2D eigenvalue weighted by Gasteiger charge is -2.14. The second kappa shape index (κ2) is 13.1. The highest BCUT2D eigenvalue weighted by atomic mass is 32.1. The summed E-state index contributed by atoms with van der Waals surface area (Å²) >= 11 is 1.30. The van der Waals surface area contributed by atoms with Gasteiger partial charge in [0.25, 0.3) is 5.91 Å². The largest absolute Gasteiger partial charge is 0.490 e. The molecule has 0 atom stereocenters. The summed E-state index contributed by atoms with van der Waals surface area (Å²) in [5.74, 6) is 1.35. The topological polar surface area (TPSA) is 93.5 Å². The number of aryl methyl sites for hydroxylation is 1. The Morgan fingerprint density at radius 1 is 0.974 bits per heavy atom. The number of anilines is 1. The van der Waals surface area contributed by atoms with E-state index in [1.165, 1.54) is 17.4 Å². The summed E-state index contributed by atoms with van der Waals surface area (Å²) in [5.41, 5.74) is 3.35. The van der Waals surface area contributed by atoms with Crippen LogP contribution in [-0.4, -0.2) is 30.7 Å². The molecule has 1 amide bonds. The average molecular weight is 526 g/mol. The van der Waals surface area contributed by atoms with Gasteiger partial charge in [0.2, 0.25) is 0 Å². The zero-order chi connectivity index (χ0) is 26.7. The van der Waals surface area contributed by atoms with Gasteiger partial charge in [-0.1, -0.05) is 54.6 Å². The Kier molecular flexibility index (Phi) is 9.11. The molecule has 0 spiro atoms. The highest BCUT2D eigenvalue weighted by molar-refractivity contribution is 7.14. The van der Waals surface area contributed by atoms with Crippen molar-refractivity contribution < 1.29 is 19.0 Å². The summed E-state index contributed by atoms with van der Waals surface area (Å²) in [6.45, 7) is 5.00. The van der Waals surface area contributed by atoms with Gasteiger partial charge in [-0.2, -0.15) is 5.26 Å². The first kappa shape index (κ1) is 26.5. The molecule has 1 heterocycles. The van der Waals surface area contributed by atoms with Gasteiger partial charge in [0.1, 0.15) is 30.6 Å². The van der Waals surface area contributed by atoms with E-state index < -0.39 is 5.91 Å². The maximum absolute atomic E-state index is 12.8. The van der Waals surface area contributed by atoms with E-state index in [-0.39, 0.29) is 5.57 Å². The highest BCUT2D eigenvalue weighted by Crippen LogP contribution is 2.30. The third-order valence-electron chi connectivity index (χ3n) is 5.43. The van der Waals surface area contributed by atoms with Gasteiger partial charge in [0.15, 0.2) is 16.6 Å². The summed E-state index contributed by atoms with van der Waals surface area (Å²) in [6.07, 6.45) is 1.51. The van der Waals surface area contributed by atoms with Crippen LogP contribution in [-0.2, 0) is 4.79 Å². The van der Waals surface area contributed by atoms with Crippen LogP contribution in [0.4, 0.5) is 5.13 Å². The van der Waals surface area contributed by atoms with E-state index in [1.807, 2.05) is 79.9 Å². The molecule has 1 aromatic heterocycles. The van der Waals surface area contributed by atoms with Crippen LogP contribution < -0.4 is 19.5 Å². The quantitative estimate of drug-likeness (QED) is 0.136. The van der Waals surface area contributed by atoms with Gasteiger partial charge in [-0.05, 0) is 49.2 Å². The fraction of sp³-hybridized carbons (Fsp3) is 0.167. The zero-order valence-electron chi connectivity index (χ0n) is 21.1. The van der Waals surface area contributed by atoms with Crippen LogP contribution in [0.3, 0.4) is 0 Å². The Morgan fingerprint density at radius 3 is 2.45 bits per heavy atom. The summed E-state index contributed by atoms with van der Waals surface area (Å²) < 4.78 is 17.4. The Balaban J connectivity index is 1.41. The molecule has 0 fully saturated rings. The first-order valence-corrected chi connectivity index (χ1v) is 13.0. The number of amides is 1. The number of para-hydroxylation sites is 1. The second-order valence-electron chi connectivity index (χ2n) is 8.13. The molecule has 1 N–H and O–H groups in total. The first-order valence-electron chi connectivity index (χ1n) is 12.1. The second-order valence-corrected chi connectivity index (χ2v) is 8.99. The molecule has 7 nitrogen and oxygen atoms in total. The fourth-order valence-electron chi connectivity index (χ4n) is 3.58. The normalized spacial score (nSPS) is 10.9. The van der Waals surface area contributed by atoms with Crippen molar-refractivity contribution in [3.63, 3.8) is 0 Å². The van der Waals surface area contributed by atoms with Crippen molar-refractivity contribution in [3.8, 4) is 34.6 Å². The number of carbonyl (C=O) groups is 1. The highest BCUT2D eigenvalue weighted by Gasteiger charge is 2.14. The summed E-state index contributed by atoms with van der Waals surface area (Å²) in [6, 6.07) is 24.7. The number of hydrogen-bond donors (Lipinski definition) is 1. The van der Waals surface area contributed by atoms with Gasteiger partial charge in [0.05, 0.1) is 12.3 Å². The van der Waals surface area contributed by atoms with Crippen LogP contribution in [0.5, 0.6) is 17.2 Å². The molecule has 3 aromatic carbocycles. The predicted octanol–water partition coefficient (Wildman–Crippen LogP) is 6.52. The molecule has 8 heteroatoms. The van der Waals surface area contributed by atoms with Gasteiger partial charge < -0.3 is 14.2 Å². The van der Waals surface area contributed by atoms with Gasteiger partial charge >= 0.3 is 0 Å². The van der Waals surface area contributed by atoms with Crippen LogP contribution in [0, 0.1) is 18.3 Å². The number of ether oxygens (including phenoxy) is 3. The van der Waals surface area contributed by atoms with Gasteiger partial charge in [-0.25, -0.2) is 4.98 Å². The number of nitrogens with one attached hydrogen (secondary N) is 1. The molecule has 4 rings (SSSR count). The smallest absolute Gasteiger partial charge is 0.268 e. The van der Waals surface area contributed by atoms with Gasteiger partial charge in [-0.15, -0.1) is 11.3 Å². The molecular formula is C30H27N3O4S. The number of nitriles is 1. The number of aromatic nitrogens is 1. The number of nitrogens with zero attached hydrogens (tertiary/aromatic N) is 2. The lowest BCUT2D eigenvalue weighted by atomic mass is 10.1. The molecule has 38 heavy (non-hydrogen) atoms. The number of benzene rings is 3. The Bertz CT molecular complexity index is 1460. The van der Waals surface area contributed by atoms with E-state index in [0.29, 0.717) is 42.0 Å². The SMILES string of the molecule is CCOc1cc(C=C(C#N)C(=O)Nc2nc(-c3ccccc3)cs2)ccc1OCCOc1ccccc1C. The van der Waals surface area contributed by atoms with Crippen molar-refractivity contribution in [1.82, 2.24) is 4.98 Å².